The number of rotatable bonds is 6. The molecular weight excluding hydrogens is 370 g/mol. The topological polar surface area (TPSA) is 79.5 Å². The maximum absolute atomic E-state index is 13.8. The first-order valence-electron chi connectivity index (χ1n) is 7.51. The zero-order valence-electron chi connectivity index (χ0n) is 13.9. The summed E-state index contributed by atoms with van der Waals surface area (Å²) in [6, 6.07) is 11.3. The molecule has 0 saturated heterocycles. The summed E-state index contributed by atoms with van der Waals surface area (Å²) in [5.41, 5.74) is 0.219. The van der Waals surface area contributed by atoms with Gasteiger partial charge in [0.15, 0.2) is 0 Å². The van der Waals surface area contributed by atoms with Crippen molar-refractivity contribution in [2.45, 2.75) is 11.8 Å². The second-order valence-electron chi connectivity index (χ2n) is 5.32. The van der Waals surface area contributed by atoms with Crippen molar-refractivity contribution in [3.8, 4) is 0 Å². The number of halogens is 4. The first kappa shape index (κ1) is 20.2. The number of hydrazine groups is 1. The maximum Gasteiger partial charge on any atom is 0.438 e. The number of esters is 1. The van der Waals surface area contributed by atoms with Crippen LogP contribution in [0.15, 0.2) is 54.6 Å². The molecule has 3 N–H and O–H groups in total. The number of benzene rings is 2. The number of methoxy groups -OCH3 is 1. The Morgan fingerprint density at radius 1 is 0.963 bits per heavy atom. The Bertz CT molecular complexity index is 797. The molecule has 144 valence electrons. The molecule has 0 heterocycles. The summed E-state index contributed by atoms with van der Waals surface area (Å²) in [5, 5.41) is 1.63. The molecule has 1 amide bonds. The molecule has 27 heavy (non-hydrogen) atoms. The first-order valence-corrected chi connectivity index (χ1v) is 7.51. The van der Waals surface area contributed by atoms with E-state index in [1.165, 1.54) is 24.3 Å². The lowest BCUT2D eigenvalue weighted by atomic mass is 10.1. The molecule has 0 radical (unpaired) electrons. The van der Waals surface area contributed by atoms with Crippen LogP contribution in [-0.2, 0) is 9.53 Å². The smallest absolute Gasteiger partial charge is 0.438 e. The van der Waals surface area contributed by atoms with Crippen LogP contribution in [0.2, 0.25) is 0 Å². The predicted octanol–water partition coefficient (Wildman–Crippen LogP) is 2.60. The van der Waals surface area contributed by atoms with E-state index >= 15 is 0 Å². The minimum Gasteiger partial charge on any atom is -0.466 e. The lowest BCUT2D eigenvalue weighted by Gasteiger charge is -2.34. The summed E-state index contributed by atoms with van der Waals surface area (Å²) in [6.45, 7) is 0. The van der Waals surface area contributed by atoms with E-state index in [1.807, 2.05) is 0 Å². The Morgan fingerprint density at radius 2 is 1.56 bits per heavy atom. The molecule has 10 heteroatoms. The number of ether oxygens (including phenoxy) is 1. The van der Waals surface area contributed by atoms with Crippen molar-refractivity contribution in [2.24, 2.45) is 0 Å². The van der Waals surface area contributed by atoms with Gasteiger partial charge in [-0.2, -0.15) is 18.6 Å². The summed E-state index contributed by atoms with van der Waals surface area (Å²) in [5.74, 6) is -3.56. The monoisotopic (exact) mass is 385 g/mol. The largest absolute Gasteiger partial charge is 0.466 e. The molecule has 0 fully saturated rings. The van der Waals surface area contributed by atoms with Gasteiger partial charge >= 0.3 is 17.8 Å². The molecule has 0 aromatic heterocycles. The van der Waals surface area contributed by atoms with Crippen molar-refractivity contribution in [3.63, 3.8) is 0 Å². The molecule has 0 unspecified atom stereocenters. The van der Waals surface area contributed by atoms with E-state index in [-0.39, 0.29) is 11.3 Å². The average Bonchev–Trinajstić information content (AvgIpc) is 2.65. The van der Waals surface area contributed by atoms with Gasteiger partial charge in [-0.25, -0.2) is 9.18 Å². The van der Waals surface area contributed by atoms with E-state index in [1.54, 1.807) is 16.8 Å². The van der Waals surface area contributed by atoms with E-state index in [0.717, 1.165) is 31.4 Å². The first-order chi connectivity index (χ1) is 12.7. The molecule has 2 aromatic rings. The lowest BCUT2D eigenvalue weighted by Crippen LogP contribution is -2.73. The van der Waals surface area contributed by atoms with E-state index in [9.17, 15) is 27.2 Å². The number of hydrogen-bond acceptors (Lipinski definition) is 5. The van der Waals surface area contributed by atoms with Crippen molar-refractivity contribution >= 4 is 17.6 Å². The van der Waals surface area contributed by atoms with Crippen molar-refractivity contribution in [1.82, 2.24) is 10.7 Å². The Balaban J connectivity index is 2.35. The van der Waals surface area contributed by atoms with Gasteiger partial charge in [0.05, 0.1) is 7.11 Å². The van der Waals surface area contributed by atoms with Gasteiger partial charge in [-0.1, -0.05) is 18.2 Å². The molecule has 0 aliphatic rings. The second-order valence-corrected chi connectivity index (χ2v) is 5.32. The molecule has 0 bridgehead atoms. The molecule has 6 nitrogen and oxygen atoms in total. The summed E-state index contributed by atoms with van der Waals surface area (Å²) in [4.78, 5) is 24.3. The SMILES string of the molecule is COC(=O)[C@](NNc1ccc(F)cc1)(NC(=O)c1ccccc1)C(F)(F)F. The average molecular weight is 385 g/mol. The highest BCUT2D eigenvalue weighted by atomic mass is 19.4. The third kappa shape index (κ3) is 4.53. The number of amides is 1. The number of hydrogen-bond donors (Lipinski definition) is 3. The van der Waals surface area contributed by atoms with Gasteiger partial charge < -0.3 is 15.5 Å². The Morgan fingerprint density at radius 3 is 2.07 bits per heavy atom. The minimum absolute atomic E-state index is 0.0166. The molecule has 2 rings (SSSR count). The molecular formula is C17H15F4N3O3. The summed E-state index contributed by atoms with van der Waals surface area (Å²) in [7, 11) is 0.747. The Hall–Kier alpha value is -3.14. The fourth-order valence-electron chi connectivity index (χ4n) is 2.08. The van der Waals surface area contributed by atoms with Gasteiger partial charge in [0.2, 0.25) is 0 Å². The Labute approximate surface area is 151 Å². The van der Waals surface area contributed by atoms with Crippen LogP contribution in [-0.4, -0.2) is 30.8 Å². The molecule has 0 saturated carbocycles. The van der Waals surface area contributed by atoms with Crippen molar-refractivity contribution < 1.29 is 31.9 Å². The van der Waals surface area contributed by atoms with Crippen molar-refractivity contribution in [1.29, 1.82) is 0 Å². The van der Waals surface area contributed by atoms with E-state index in [0.29, 0.717) is 0 Å². The number of anilines is 1. The highest BCUT2D eigenvalue weighted by Crippen LogP contribution is 2.30. The van der Waals surface area contributed by atoms with Crippen LogP contribution < -0.4 is 16.2 Å². The third-order valence-corrected chi connectivity index (χ3v) is 3.49. The molecule has 0 spiro atoms. The molecule has 0 aliphatic carbocycles. The van der Waals surface area contributed by atoms with Gasteiger partial charge in [-0.15, -0.1) is 0 Å². The summed E-state index contributed by atoms with van der Waals surface area (Å²) < 4.78 is 58.5. The predicted molar refractivity (Wildman–Crippen MR) is 87.9 cm³/mol. The van der Waals surface area contributed by atoms with Crippen LogP contribution in [0.5, 0.6) is 0 Å². The van der Waals surface area contributed by atoms with Crippen LogP contribution in [0.4, 0.5) is 23.2 Å². The van der Waals surface area contributed by atoms with Crippen LogP contribution in [0.25, 0.3) is 0 Å². The van der Waals surface area contributed by atoms with Crippen LogP contribution in [0.3, 0.4) is 0 Å². The lowest BCUT2D eigenvalue weighted by molar-refractivity contribution is -0.215. The number of nitrogens with one attached hydrogen (secondary N) is 3. The minimum atomic E-state index is -5.28. The van der Waals surface area contributed by atoms with Gasteiger partial charge in [0.25, 0.3) is 5.91 Å². The highest BCUT2D eigenvalue weighted by molar-refractivity contribution is 5.98. The van der Waals surface area contributed by atoms with Gasteiger partial charge in [0, 0.05) is 11.3 Å². The number of alkyl halides is 3. The molecule has 2 aromatic carbocycles. The highest BCUT2D eigenvalue weighted by Gasteiger charge is 2.63. The van der Waals surface area contributed by atoms with E-state index in [2.05, 4.69) is 10.2 Å². The second kappa shape index (κ2) is 8.04. The van der Waals surface area contributed by atoms with Crippen molar-refractivity contribution in [3.05, 3.63) is 66.0 Å². The normalized spacial score (nSPS) is 13.4. The fraction of sp³-hybridized carbons (Fsp3) is 0.176. The third-order valence-electron chi connectivity index (χ3n) is 3.49. The van der Waals surface area contributed by atoms with Gasteiger partial charge in [-0.05, 0) is 36.4 Å². The van der Waals surface area contributed by atoms with Gasteiger partial charge in [0.1, 0.15) is 5.82 Å². The summed E-state index contributed by atoms with van der Waals surface area (Å²) in [6.07, 6.45) is -5.28. The van der Waals surface area contributed by atoms with E-state index < -0.39 is 29.5 Å². The molecule has 1 atom stereocenters. The van der Waals surface area contributed by atoms with Crippen LogP contribution in [0, 0.1) is 5.82 Å². The number of carbonyl (C=O) groups excluding carboxylic acids is 2. The van der Waals surface area contributed by atoms with Crippen LogP contribution in [0.1, 0.15) is 10.4 Å². The van der Waals surface area contributed by atoms with E-state index in [4.69, 9.17) is 0 Å². The fourth-order valence-corrected chi connectivity index (χ4v) is 2.08. The van der Waals surface area contributed by atoms with Crippen LogP contribution >= 0.6 is 0 Å². The quantitative estimate of drug-likeness (QED) is 0.308. The summed E-state index contributed by atoms with van der Waals surface area (Å²) >= 11 is 0. The van der Waals surface area contributed by atoms with Crippen molar-refractivity contribution in [2.75, 3.05) is 12.5 Å². The standard InChI is InChI=1S/C17H15F4N3O3/c1-27-15(26)16(17(19,20)21,22-14(25)11-5-3-2-4-6-11)24-23-13-9-7-12(18)8-10-13/h2-10,23-24H,1H3,(H,22,25)/t16-/m1/s1. The Kier molecular flexibility index (Phi) is 6.01. The molecule has 0 aliphatic heterocycles. The zero-order valence-corrected chi connectivity index (χ0v) is 13.9. The number of carbonyl (C=O) groups is 2. The zero-order chi connectivity index (χ0) is 20.1. The van der Waals surface area contributed by atoms with Gasteiger partial charge in [-0.3, -0.25) is 4.79 Å². The maximum atomic E-state index is 13.8.